The summed E-state index contributed by atoms with van der Waals surface area (Å²) in [7, 11) is 4.09. The van der Waals surface area contributed by atoms with Crippen molar-refractivity contribution < 1.29 is 19.0 Å². The summed E-state index contributed by atoms with van der Waals surface area (Å²) >= 11 is 0. The molecule has 1 aromatic heterocycles. The Bertz CT molecular complexity index is 1210. The normalized spacial score (nSPS) is 33.0. The number of aromatic nitrogens is 2. The number of hydrogen-bond acceptors (Lipinski definition) is 9. The number of ether oxygens (including phenoxy) is 1. The summed E-state index contributed by atoms with van der Waals surface area (Å²) in [6.07, 6.45) is 6.41. The third-order valence-electron chi connectivity index (χ3n) is 10.3. The van der Waals surface area contributed by atoms with Crippen LogP contribution in [0.1, 0.15) is 77.0 Å². The minimum absolute atomic E-state index is 0.0779. The van der Waals surface area contributed by atoms with Gasteiger partial charge in [-0.3, -0.25) is 14.6 Å². The molecular formula is C30H43FN6O3. The first kappa shape index (κ1) is 27.6. The van der Waals surface area contributed by atoms with Crippen molar-refractivity contribution in [3.05, 3.63) is 17.5 Å². The van der Waals surface area contributed by atoms with Crippen molar-refractivity contribution >= 4 is 23.1 Å². The van der Waals surface area contributed by atoms with Crippen LogP contribution in [0.3, 0.4) is 0 Å². The van der Waals surface area contributed by atoms with Crippen LogP contribution in [0.25, 0.3) is 5.76 Å². The molecule has 3 heterocycles. The van der Waals surface area contributed by atoms with Gasteiger partial charge in [-0.1, -0.05) is 6.42 Å². The number of carbonyl (C=O) groups excluding carboxylic acids is 1. The van der Waals surface area contributed by atoms with Gasteiger partial charge in [0.25, 0.3) is 0 Å². The lowest BCUT2D eigenvalue weighted by Gasteiger charge is -2.41. The Morgan fingerprint density at radius 2 is 1.93 bits per heavy atom. The predicted octanol–water partition coefficient (Wildman–Crippen LogP) is 4.17. The number of halogens is 1. The smallest absolute Gasteiger partial charge is 0.219 e. The van der Waals surface area contributed by atoms with E-state index in [9.17, 15) is 14.3 Å². The second-order valence-corrected chi connectivity index (χ2v) is 12.9. The zero-order chi connectivity index (χ0) is 28.2. The van der Waals surface area contributed by atoms with Crippen molar-refractivity contribution in [3.63, 3.8) is 0 Å². The zero-order valence-corrected chi connectivity index (χ0v) is 24.1. The van der Waals surface area contributed by atoms with Crippen molar-refractivity contribution in [3.8, 4) is 5.88 Å². The average Bonchev–Trinajstić information content (AvgIpc) is 3.62. The maximum absolute atomic E-state index is 14.1. The number of carbonyl (C=O) groups is 1. The minimum atomic E-state index is -0.876. The molecule has 3 aliphatic carbocycles. The quantitative estimate of drug-likeness (QED) is 0.523. The first-order chi connectivity index (χ1) is 19.1. The van der Waals surface area contributed by atoms with Gasteiger partial charge < -0.3 is 20.2 Å². The molecule has 4 atom stereocenters. The van der Waals surface area contributed by atoms with Crippen molar-refractivity contribution in [2.45, 2.75) is 95.0 Å². The Hall–Kier alpha value is -2.59. The van der Waals surface area contributed by atoms with Crippen LogP contribution in [-0.4, -0.2) is 101 Å². The second-order valence-electron chi connectivity index (χ2n) is 12.9. The van der Waals surface area contributed by atoms with E-state index in [-0.39, 0.29) is 40.8 Å². The largest absolute Gasteiger partial charge is 0.504 e. The number of nitrogens with zero attached hydrogens (tertiary/aromatic N) is 5. The summed E-state index contributed by atoms with van der Waals surface area (Å²) < 4.78 is 20.4. The van der Waals surface area contributed by atoms with Gasteiger partial charge in [0.05, 0.1) is 11.1 Å². The van der Waals surface area contributed by atoms with E-state index in [0.29, 0.717) is 55.9 Å². The standard InChI is InChI=1S/C30H43FN6O3/c1-19(22-15-20(31)17-35(22)2)40-25-16-24(37-14-13-36(3)29(18-37)11-12-29)33-28(34-25)26(39)21-7-6-10-30(27(21)32)9-5-4-8-23(30)38/h16,19-20,22,32,39H,4-15,17-18H2,1-3H3/b26-21-,32-27?/t19-,20+,22-,30+/m0/s1. The molecule has 2 saturated heterocycles. The summed E-state index contributed by atoms with van der Waals surface area (Å²) in [5.74, 6) is 1.16. The molecule has 40 heavy (non-hydrogen) atoms. The SMILES string of the molecule is C[C@H](Oc1cc(N2CCN(C)C3(CC3)C2)nc(/C(O)=C2\CCC[C@@]3(CCCCC3=O)C2=N)n1)[C@@H]1C[C@@H](F)CN1C. The Kier molecular flexibility index (Phi) is 7.14. The number of nitrogens with one attached hydrogen (secondary N) is 1. The summed E-state index contributed by atoms with van der Waals surface area (Å²) in [5.41, 5.74) is 0.0892. The van der Waals surface area contributed by atoms with Gasteiger partial charge in [-0.25, -0.2) is 9.37 Å². The topological polar surface area (TPSA) is 106 Å². The van der Waals surface area contributed by atoms with Crippen LogP contribution in [0.15, 0.2) is 11.6 Å². The molecule has 0 aromatic carbocycles. The zero-order valence-electron chi connectivity index (χ0n) is 24.1. The maximum Gasteiger partial charge on any atom is 0.219 e. The third-order valence-corrected chi connectivity index (χ3v) is 10.3. The van der Waals surface area contributed by atoms with Crippen LogP contribution in [0.4, 0.5) is 10.2 Å². The number of Topliss-reactive ketones (excluding diaryl/α,β-unsaturated/α-hetero) is 1. The molecule has 0 amide bonds. The van der Waals surface area contributed by atoms with E-state index in [0.717, 1.165) is 51.7 Å². The summed E-state index contributed by atoms with van der Waals surface area (Å²) in [5, 5.41) is 20.7. The lowest BCUT2D eigenvalue weighted by Crippen LogP contribution is -2.53. The molecule has 5 aliphatic rings. The first-order valence-corrected chi connectivity index (χ1v) is 15.0. The van der Waals surface area contributed by atoms with Crippen LogP contribution in [0.5, 0.6) is 5.88 Å². The maximum atomic E-state index is 14.1. The Morgan fingerprint density at radius 1 is 1.15 bits per heavy atom. The predicted molar refractivity (Wildman–Crippen MR) is 152 cm³/mol. The van der Waals surface area contributed by atoms with Gasteiger partial charge in [0.1, 0.15) is 23.9 Å². The molecule has 2 spiro atoms. The highest BCUT2D eigenvalue weighted by molar-refractivity contribution is 6.18. The lowest BCUT2D eigenvalue weighted by molar-refractivity contribution is -0.128. The van der Waals surface area contributed by atoms with Gasteiger partial charge in [-0.15, -0.1) is 0 Å². The first-order valence-electron chi connectivity index (χ1n) is 15.0. The van der Waals surface area contributed by atoms with E-state index in [4.69, 9.17) is 15.1 Å². The molecule has 0 unspecified atom stereocenters. The fourth-order valence-electron chi connectivity index (χ4n) is 7.56. The van der Waals surface area contributed by atoms with Gasteiger partial charge in [0, 0.05) is 55.8 Å². The van der Waals surface area contributed by atoms with Crippen molar-refractivity contribution in [2.75, 3.05) is 45.2 Å². The van der Waals surface area contributed by atoms with E-state index in [1.165, 1.54) is 0 Å². The van der Waals surface area contributed by atoms with E-state index in [1.807, 2.05) is 24.9 Å². The Labute approximate surface area is 236 Å². The molecule has 0 radical (unpaired) electrons. The summed E-state index contributed by atoms with van der Waals surface area (Å²) in [6.45, 7) is 4.87. The molecular weight excluding hydrogens is 511 g/mol. The molecule has 0 bridgehead atoms. The van der Waals surface area contributed by atoms with Gasteiger partial charge in [-0.05, 0) is 72.4 Å². The van der Waals surface area contributed by atoms with Crippen molar-refractivity contribution in [1.29, 1.82) is 5.41 Å². The molecule has 9 nitrogen and oxygen atoms in total. The monoisotopic (exact) mass is 554 g/mol. The fraction of sp³-hybridized carbons (Fsp3) is 0.733. The number of allylic oxidation sites excluding steroid dienone is 1. The van der Waals surface area contributed by atoms with Gasteiger partial charge in [0.2, 0.25) is 5.88 Å². The van der Waals surface area contributed by atoms with Crippen LogP contribution >= 0.6 is 0 Å². The number of piperazine rings is 1. The highest BCUT2D eigenvalue weighted by Crippen LogP contribution is 2.47. The van der Waals surface area contributed by atoms with Crippen molar-refractivity contribution in [1.82, 2.24) is 19.8 Å². The number of hydrogen-bond donors (Lipinski definition) is 2. The fourth-order valence-corrected chi connectivity index (χ4v) is 7.56. The molecule has 2 aliphatic heterocycles. The molecule has 5 fully saturated rings. The second kappa shape index (κ2) is 10.4. The van der Waals surface area contributed by atoms with Crippen LogP contribution in [0, 0.1) is 10.8 Å². The highest BCUT2D eigenvalue weighted by atomic mass is 19.1. The van der Waals surface area contributed by atoms with E-state index in [2.05, 4.69) is 21.8 Å². The molecule has 6 rings (SSSR count). The van der Waals surface area contributed by atoms with Crippen molar-refractivity contribution in [2.24, 2.45) is 5.41 Å². The van der Waals surface area contributed by atoms with Crippen LogP contribution in [-0.2, 0) is 4.79 Å². The lowest BCUT2D eigenvalue weighted by atomic mass is 9.62. The number of alkyl halides is 1. The number of aliphatic hydroxyl groups excluding tert-OH is 1. The number of rotatable bonds is 5. The van der Waals surface area contributed by atoms with E-state index in [1.54, 1.807) is 0 Å². The molecule has 10 heteroatoms. The minimum Gasteiger partial charge on any atom is -0.504 e. The molecule has 2 N–H and O–H groups in total. The Morgan fingerprint density at radius 3 is 2.62 bits per heavy atom. The van der Waals surface area contributed by atoms with Gasteiger partial charge in [-0.2, -0.15) is 4.98 Å². The Balaban J connectivity index is 1.35. The van der Waals surface area contributed by atoms with Crippen LogP contribution < -0.4 is 9.64 Å². The van der Waals surface area contributed by atoms with Gasteiger partial charge >= 0.3 is 0 Å². The highest BCUT2D eigenvalue weighted by Gasteiger charge is 2.50. The van der Waals surface area contributed by atoms with E-state index >= 15 is 0 Å². The number of anilines is 1. The molecule has 1 aromatic rings. The molecule has 3 saturated carbocycles. The van der Waals surface area contributed by atoms with Gasteiger partial charge in [0.15, 0.2) is 11.6 Å². The summed E-state index contributed by atoms with van der Waals surface area (Å²) in [6, 6.07) is 1.76. The summed E-state index contributed by atoms with van der Waals surface area (Å²) in [4.78, 5) is 29.2. The van der Waals surface area contributed by atoms with Crippen LogP contribution in [0.2, 0.25) is 0 Å². The number of ketones is 1. The van der Waals surface area contributed by atoms with E-state index < -0.39 is 11.6 Å². The third kappa shape index (κ3) is 4.81. The number of likely N-dealkylation sites (tertiary alicyclic amines) is 1. The number of likely N-dealkylation sites (N-methyl/N-ethyl adjacent to an activating group) is 2. The number of aliphatic hydroxyl groups is 1. The molecule has 218 valence electrons. The average molecular weight is 555 g/mol.